The highest BCUT2D eigenvalue weighted by Gasteiger charge is 2.61. The van der Waals surface area contributed by atoms with Gasteiger partial charge in [-0.1, -0.05) is 48.3 Å². The lowest BCUT2D eigenvalue weighted by Crippen LogP contribution is -2.24. The van der Waals surface area contributed by atoms with Crippen molar-refractivity contribution in [3.05, 3.63) is 57.3 Å². The molecular weight excluding hydrogens is 410 g/mol. The third-order valence-electron chi connectivity index (χ3n) is 7.33. The van der Waals surface area contributed by atoms with E-state index >= 15 is 0 Å². The number of halogens is 3. The number of fused-ring (bicyclic) bond motifs is 5. The van der Waals surface area contributed by atoms with Crippen LogP contribution in [0.15, 0.2) is 30.3 Å². The highest BCUT2D eigenvalue weighted by molar-refractivity contribution is 6.36. The number of ketones is 2. The van der Waals surface area contributed by atoms with Crippen molar-refractivity contribution in [1.82, 2.24) is 0 Å². The molecule has 0 spiro atoms. The third kappa shape index (κ3) is 2.74. The lowest BCUT2D eigenvalue weighted by molar-refractivity contribution is -0.125. The summed E-state index contributed by atoms with van der Waals surface area (Å²) in [6, 6.07) is 8.80. The second kappa shape index (κ2) is 6.92. The molecule has 2 bridgehead atoms. The van der Waals surface area contributed by atoms with E-state index in [4.69, 9.17) is 23.2 Å². The van der Waals surface area contributed by atoms with E-state index < -0.39 is 11.7 Å². The molecular formula is C24H21Cl2FO2. The van der Waals surface area contributed by atoms with E-state index in [0.717, 1.165) is 36.8 Å². The number of hydrogen-bond donors (Lipinski definition) is 0. The third-order valence-corrected chi connectivity index (χ3v) is 7.99. The number of rotatable bonds is 3. The minimum Gasteiger partial charge on any atom is -0.298 e. The quantitative estimate of drug-likeness (QED) is 0.425. The molecule has 0 N–H and O–H groups in total. The fourth-order valence-corrected chi connectivity index (χ4v) is 6.52. The van der Waals surface area contributed by atoms with E-state index in [1.165, 1.54) is 6.07 Å². The molecule has 29 heavy (non-hydrogen) atoms. The second-order valence-corrected chi connectivity index (χ2v) is 9.40. The maximum absolute atomic E-state index is 14.2. The van der Waals surface area contributed by atoms with Crippen LogP contribution < -0.4 is 0 Å². The van der Waals surface area contributed by atoms with E-state index in [1.807, 2.05) is 25.1 Å². The molecule has 3 saturated carbocycles. The average molecular weight is 431 g/mol. The van der Waals surface area contributed by atoms with Crippen molar-refractivity contribution in [2.45, 2.75) is 38.5 Å². The molecule has 3 fully saturated rings. The number of hydrogen-bond acceptors (Lipinski definition) is 2. The molecule has 150 valence electrons. The highest BCUT2D eigenvalue weighted by Crippen LogP contribution is 2.59. The van der Waals surface area contributed by atoms with Gasteiger partial charge in [0.05, 0.1) is 10.0 Å². The number of Topliss-reactive ketones (excluding diaryl/α,β-unsaturated/α-hetero) is 2. The summed E-state index contributed by atoms with van der Waals surface area (Å²) in [5.41, 5.74) is 2.95. The zero-order chi connectivity index (χ0) is 20.4. The molecule has 0 aromatic heterocycles. The van der Waals surface area contributed by atoms with Gasteiger partial charge < -0.3 is 0 Å². The summed E-state index contributed by atoms with van der Waals surface area (Å²) in [5, 5.41) is -0.0831. The Hall–Kier alpha value is -1.71. The minimum absolute atomic E-state index is 0.0337. The smallest absolute Gasteiger partial charge is 0.160 e. The Labute approximate surface area is 179 Å². The summed E-state index contributed by atoms with van der Waals surface area (Å²) in [7, 11) is 0. The van der Waals surface area contributed by atoms with Gasteiger partial charge in [0, 0.05) is 17.4 Å². The molecule has 3 aliphatic carbocycles. The summed E-state index contributed by atoms with van der Waals surface area (Å²) >= 11 is 12.0. The molecule has 3 aliphatic rings. The van der Waals surface area contributed by atoms with Gasteiger partial charge in [0.2, 0.25) is 0 Å². The lowest BCUT2D eigenvalue weighted by atomic mass is 9.81. The first kappa shape index (κ1) is 19.3. The van der Waals surface area contributed by atoms with Crippen LogP contribution in [0.2, 0.25) is 10.0 Å². The molecule has 0 amide bonds. The van der Waals surface area contributed by atoms with Gasteiger partial charge >= 0.3 is 0 Å². The zero-order valence-electron chi connectivity index (χ0n) is 16.1. The van der Waals surface area contributed by atoms with Crippen LogP contribution in [0.25, 0.3) is 11.1 Å². The van der Waals surface area contributed by atoms with Gasteiger partial charge in [0.1, 0.15) is 5.92 Å². The highest BCUT2D eigenvalue weighted by atomic mass is 35.5. The summed E-state index contributed by atoms with van der Waals surface area (Å²) in [4.78, 5) is 26.7. The molecule has 1 unspecified atom stereocenters. The Bertz CT molecular complexity index is 1020. The number of benzene rings is 2. The van der Waals surface area contributed by atoms with Gasteiger partial charge in [-0.25, -0.2) is 4.39 Å². The van der Waals surface area contributed by atoms with Crippen LogP contribution in [0.3, 0.4) is 0 Å². The SMILES string of the molecule is CCc1ccc(-c2ccc(Cl)c(F)c2Cl)cc1C1C(=O)[C@@H]2[C@@H]3CC[C@@H](C3)[C@@H]2C1=O. The lowest BCUT2D eigenvalue weighted by Gasteiger charge is -2.21. The molecule has 0 heterocycles. The van der Waals surface area contributed by atoms with Crippen molar-refractivity contribution >= 4 is 34.8 Å². The molecule has 2 aromatic rings. The van der Waals surface area contributed by atoms with Crippen LogP contribution in [0, 0.1) is 29.5 Å². The minimum atomic E-state index is -0.695. The Morgan fingerprint density at radius 2 is 1.66 bits per heavy atom. The van der Waals surface area contributed by atoms with Crippen LogP contribution in [0.1, 0.15) is 43.2 Å². The Morgan fingerprint density at radius 1 is 1.00 bits per heavy atom. The predicted molar refractivity (Wildman–Crippen MR) is 112 cm³/mol. The van der Waals surface area contributed by atoms with E-state index in [9.17, 15) is 14.0 Å². The number of aryl methyl sites for hydroxylation is 1. The largest absolute Gasteiger partial charge is 0.298 e. The zero-order valence-corrected chi connectivity index (χ0v) is 17.6. The van der Waals surface area contributed by atoms with Crippen LogP contribution >= 0.6 is 23.2 Å². The van der Waals surface area contributed by atoms with Crippen molar-refractivity contribution in [3.63, 3.8) is 0 Å². The molecule has 0 radical (unpaired) electrons. The summed E-state index contributed by atoms with van der Waals surface area (Å²) in [6.07, 6.45) is 3.88. The molecule has 5 heteroatoms. The summed E-state index contributed by atoms with van der Waals surface area (Å²) in [6.45, 7) is 2.02. The first-order valence-electron chi connectivity index (χ1n) is 10.3. The standard InChI is InChI=1S/C24H21Cl2FO2/c1-2-11-3-4-12(15-7-8-17(25)22(27)21(15)26)10-16(11)20-23(28)18-13-5-6-14(9-13)19(18)24(20)29/h3-4,7-8,10,13-14,18-20H,2,5-6,9H2,1H3/t13-,14+,18-,19+,20?. The van der Waals surface area contributed by atoms with Gasteiger partial charge in [0.15, 0.2) is 17.4 Å². The van der Waals surface area contributed by atoms with Crippen molar-refractivity contribution in [2.24, 2.45) is 23.7 Å². The maximum atomic E-state index is 14.2. The van der Waals surface area contributed by atoms with Crippen molar-refractivity contribution in [2.75, 3.05) is 0 Å². The second-order valence-electron chi connectivity index (χ2n) is 8.61. The normalized spacial score (nSPS) is 30.3. The van der Waals surface area contributed by atoms with Crippen LogP contribution in [-0.4, -0.2) is 11.6 Å². The fraction of sp³-hybridized carbons (Fsp3) is 0.417. The van der Waals surface area contributed by atoms with Gasteiger partial charge in [-0.05, 0) is 66.3 Å². The monoisotopic (exact) mass is 430 g/mol. The van der Waals surface area contributed by atoms with E-state index in [-0.39, 0.29) is 33.4 Å². The summed E-state index contributed by atoms with van der Waals surface area (Å²) < 4.78 is 14.2. The van der Waals surface area contributed by atoms with Crippen LogP contribution in [0.5, 0.6) is 0 Å². The van der Waals surface area contributed by atoms with Gasteiger partial charge in [0.25, 0.3) is 0 Å². The van der Waals surface area contributed by atoms with Gasteiger partial charge in [-0.2, -0.15) is 0 Å². The molecule has 2 nitrogen and oxygen atoms in total. The Balaban J connectivity index is 1.61. The van der Waals surface area contributed by atoms with Crippen molar-refractivity contribution in [3.8, 4) is 11.1 Å². The molecule has 0 aliphatic heterocycles. The number of carbonyl (C=O) groups excluding carboxylic acids is 2. The Morgan fingerprint density at radius 3 is 2.28 bits per heavy atom. The van der Waals surface area contributed by atoms with Gasteiger partial charge in [-0.15, -0.1) is 0 Å². The van der Waals surface area contributed by atoms with E-state index in [2.05, 4.69) is 0 Å². The summed E-state index contributed by atoms with van der Waals surface area (Å²) in [5.74, 6) is -0.628. The molecule has 5 atom stereocenters. The van der Waals surface area contributed by atoms with Crippen LogP contribution in [0.4, 0.5) is 4.39 Å². The van der Waals surface area contributed by atoms with E-state index in [1.54, 1.807) is 6.07 Å². The first-order valence-corrected chi connectivity index (χ1v) is 11.0. The van der Waals surface area contributed by atoms with Crippen molar-refractivity contribution < 1.29 is 14.0 Å². The molecule has 5 rings (SSSR count). The first-order chi connectivity index (χ1) is 13.9. The molecule has 2 aromatic carbocycles. The average Bonchev–Trinajstić information content (AvgIpc) is 3.40. The van der Waals surface area contributed by atoms with Crippen molar-refractivity contribution in [1.29, 1.82) is 0 Å². The maximum Gasteiger partial charge on any atom is 0.160 e. The topological polar surface area (TPSA) is 34.1 Å². The molecule has 0 saturated heterocycles. The predicted octanol–water partition coefficient (Wildman–Crippen LogP) is 6.26. The fourth-order valence-electron chi connectivity index (χ4n) is 6.04. The number of carbonyl (C=O) groups is 2. The Kier molecular flexibility index (Phi) is 4.60. The van der Waals surface area contributed by atoms with Gasteiger partial charge in [-0.3, -0.25) is 9.59 Å². The van der Waals surface area contributed by atoms with Crippen LogP contribution in [-0.2, 0) is 16.0 Å². The van der Waals surface area contributed by atoms with E-state index in [0.29, 0.717) is 23.0 Å².